The summed E-state index contributed by atoms with van der Waals surface area (Å²) in [4.78, 5) is 26.3. The standard InChI is InChI=1S/C10H13ClN4O2/c1-13-8(16)2-3-14-10(17)6-4-7(11)9(12)15-5-6/h4-5H,2-3H2,1H3,(H2,12,15)(H,13,16)(H,14,17). The Morgan fingerprint density at radius 3 is 2.82 bits per heavy atom. The summed E-state index contributed by atoms with van der Waals surface area (Å²) in [6, 6.07) is 1.43. The number of aromatic nitrogens is 1. The molecule has 0 saturated carbocycles. The Hall–Kier alpha value is -1.82. The highest BCUT2D eigenvalue weighted by molar-refractivity contribution is 6.33. The van der Waals surface area contributed by atoms with Gasteiger partial charge in [-0.2, -0.15) is 0 Å². The van der Waals surface area contributed by atoms with Crippen LogP contribution in [0.5, 0.6) is 0 Å². The van der Waals surface area contributed by atoms with Gasteiger partial charge in [-0.1, -0.05) is 11.6 Å². The van der Waals surface area contributed by atoms with E-state index in [-0.39, 0.29) is 35.6 Å². The number of anilines is 1. The molecule has 0 aliphatic heterocycles. The summed E-state index contributed by atoms with van der Waals surface area (Å²) in [6.07, 6.45) is 1.55. The van der Waals surface area contributed by atoms with Crippen molar-refractivity contribution in [3.63, 3.8) is 0 Å². The Bertz CT molecular complexity index is 436. The summed E-state index contributed by atoms with van der Waals surface area (Å²) in [6.45, 7) is 0.250. The highest BCUT2D eigenvalue weighted by atomic mass is 35.5. The average molecular weight is 257 g/mol. The molecule has 0 atom stereocenters. The second kappa shape index (κ2) is 6.05. The first-order valence-corrected chi connectivity index (χ1v) is 5.32. The van der Waals surface area contributed by atoms with Crippen LogP contribution in [0.25, 0.3) is 0 Å². The Labute approximate surface area is 104 Å². The molecule has 2 amide bonds. The van der Waals surface area contributed by atoms with Crippen LogP contribution in [0.2, 0.25) is 5.02 Å². The van der Waals surface area contributed by atoms with Crippen molar-refractivity contribution in [1.29, 1.82) is 0 Å². The lowest BCUT2D eigenvalue weighted by molar-refractivity contribution is -0.120. The van der Waals surface area contributed by atoms with Gasteiger partial charge in [-0.3, -0.25) is 9.59 Å². The molecule has 0 aromatic carbocycles. The number of amides is 2. The molecule has 92 valence electrons. The molecule has 0 bridgehead atoms. The summed E-state index contributed by atoms with van der Waals surface area (Å²) in [5, 5.41) is 5.25. The fourth-order valence-corrected chi connectivity index (χ4v) is 1.26. The van der Waals surface area contributed by atoms with E-state index in [9.17, 15) is 9.59 Å². The van der Waals surface area contributed by atoms with Crippen LogP contribution in [0.3, 0.4) is 0 Å². The monoisotopic (exact) mass is 256 g/mol. The molecule has 17 heavy (non-hydrogen) atoms. The normalized spacial score (nSPS) is 9.76. The molecule has 1 aromatic rings. The number of nitrogen functional groups attached to an aromatic ring is 1. The van der Waals surface area contributed by atoms with Crippen LogP contribution in [0.4, 0.5) is 5.82 Å². The second-order valence-corrected chi connectivity index (χ2v) is 3.68. The topological polar surface area (TPSA) is 97.1 Å². The van der Waals surface area contributed by atoms with E-state index in [0.717, 1.165) is 0 Å². The summed E-state index contributed by atoms with van der Waals surface area (Å²) in [7, 11) is 1.54. The molecular formula is C10H13ClN4O2. The maximum Gasteiger partial charge on any atom is 0.252 e. The van der Waals surface area contributed by atoms with Crippen molar-refractivity contribution in [1.82, 2.24) is 15.6 Å². The van der Waals surface area contributed by atoms with Crippen LogP contribution in [0.15, 0.2) is 12.3 Å². The van der Waals surface area contributed by atoms with Crippen molar-refractivity contribution >= 4 is 29.2 Å². The summed E-state index contributed by atoms with van der Waals surface area (Å²) >= 11 is 5.73. The summed E-state index contributed by atoms with van der Waals surface area (Å²) < 4.78 is 0. The number of hydrogen-bond acceptors (Lipinski definition) is 4. The molecule has 0 saturated heterocycles. The molecule has 6 nitrogen and oxygen atoms in total. The minimum absolute atomic E-state index is 0.140. The Balaban J connectivity index is 2.52. The van der Waals surface area contributed by atoms with E-state index in [1.165, 1.54) is 19.3 Å². The SMILES string of the molecule is CNC(=O)CCNC(=O)c1cnc(N)c(Cl)c1. The van der Waals surface area contributed by atoms with E-state index >= 15 is 0 Å². The number of hydrogen-bond donors (Lipinski definition) is 3. The van der Waals surface area contributed by atoms with Gasteiger partial charge in [0.15, 0.2) is 0 Å². The van der Waals surface area contributed by atoms with E-state index in [2.05, 4.69) is 15.6 Å². The van der Waals surface area contributed by atoms with Crippen LogP contribution in [-0.2, 0) is 4.79 Å². The van der Waals surface area contributed by atoms with Crippen molar-refractivity contribution in [2.24, 2.45) is 0 Å². The first-order valence-electron chi connectivity index (χ1n) is 4.94. The molecule has 1 heterocycles. The van der Waals surface area contributed by atoms with Crippen LogP contribution in [-0.4, -0.2) is 30.4 Å². The lowest BCUT2D eigenvalue weighted by Gasteiger charge is -2.05. The van der Waals surface area contributed by atoms with Gasteiger partial charge in [0.1, 0.15) is 5.82 Å². The van der Waals surface area contributed by atoms with Crippen molar-refractivity contribution in [3.05, 3.63) is 22.8 Å². The molecule has 0 aliphatic rings. The molecule has 1 rings (SSSR count). The molecule has 0 radical (unpaired) electrons. The van der Waals surface area contributed by atoms with Crippen LogP contribution >= 0.6 is 11.6 Å². The molecule has 0 unspecified atom stereocenters. The smallest absolute Gasteiger partial charge is 0.252 e. The van der Waals surface area contributed by atoms with Crippen molar-refractivity contribution in [2.75, 3.05) is 19.3 Å². The zero-order valence-corrected chi connectivity index (χ0v) is 10.0. The largest absolute Gasteiger partial charge is 0.382 e. The van der Waals surface area contributed by atoms with E-state index in [0.29, 0.717) is 5.56 Å². The zero-order valence-electron chi connectivity index (χ0n) is 9.29. The molecule has 1 aromatic heterocycles. The van der Waals surface area contributed by atoms with Gasteiger partial charge in [0.05, 0.1) is 10.6 Å². The molecule has 7 heteroatoms. The van der Waals surface area contributed by atoms with E-state index in [4.69, 9.17) is 17.3 Å². The number of carbonyl (C=O) groups is 2. The maximum atomic E-state index is 11.6. The Morgan fingerprint density at radius 2 is 2.24 bits per heavy atom. The summed E-state index contributed by atoms with van der Waals surface area (Å²) in [5.74, 6) is -0.310. The van der Waals surface area contributed by atoms with Gasteiger partial charge < -0.3 is 16.4 Å². The maximum absolute atomic E-state index is 11.6. The third kappa shape index (κ3) is 3.92. The Morgan fingerprint density at radius 1 is 1.53 bits per heavy atom. The van der Waals surface area contributed by atoms with E-state index in [1.807, 2.05) is 0 Å². The number of rotatable bonds is 4. The van der Waals surface area contributed by atoms with Crippen LogP contribution < -0.4 is 16.4 Å². The van der Waals surface area contributed by atoms with Gasteiger partial charge in [-0.05, 0) is 6.07 Å². The average Bonchev–Trinajstić information content (AvgIpc) is 2.32. The number of nitrogens with one attached hydrogen (secondary N) is 2. The van der Waals surface area contributed by atoms with Crippen molar-refractivity contribution in [3.8, 4) is 0 Å². The third-order valence-corrected chi connectivity index (χ3v) is 2.35. The summed E-state index contributed by atoms with van der Waals surface area (Å²) in [5.41, 5.74) is 5.73. The lowest BCUT2D eigenvalue weighted by Crippen LogP contribution is -2.29. The van der Waals surface area contributed by atoms with Crippen LogP contribution in [0.1, 0.15) is 16.8 Å². The predicted molar refractivity (Wildman–Crippen MR) is 64.7 cm³/mol. The highest BCUT2D eigenvalue weighted by Gasteiger charge is 2.08. The molecule has 0 fully saturated rings. The van der Waals surface area contributed by atoms with E-state index < -0.39 is 0 Å². The number of nitrogens with two attached hydrogens (primary N) is 1. The van der Waals surface area contributed by atoms with Gasteiger partial charge in [-0.15, -0.1) is 0 Å². The van der Waals surface area contributed by atoms with Crippen LogP contribution in [0, 0.1) is 0 Å². The fourth-order valence-electron chi connectivity index (χ4n) is 1.09. The number of carbonyl (C=O) groups excluding carboxylic acids is 2. The minimum Gasteiger partial charge on any atom is -0.382 e. The van der Waals surface area contributed by atoms with Gasteiger partial charge in [0.2, 0.25) is 5.91 Å². The first kappa shape index (κ1) is 13.2. The molecule has 0 aliphatic carbocycles. The molecule has 4 N–H and O–H groups in total. The number of pyridine rings is 1. The van der Waals surface area contributed by atoms with Crippen molar-refractivity contribution < 1.29 is 9.59 Å². The van der Waals surface area contributed by atoms with E-state index in [1.54, 1.807) is 0 Å². The van der Waals surface area contributed by atoms with Gasteiger partial charge in [0, 0.05) is 26.2 Å². The minimum atomic E-state index is -0.344. The quantitative estimate of drug-likeness (QED) is 0.716. The van der Waals surface area contributed by atoms with Gasteiger partial charge in [-0.25, -0.2) is 4.98 Å². The highest BCUT2D eigenvalue weighted by Crippen LogP contribution is 2.16. The lowest BCUT2D eigenvalue weighted by atomic mass is 10.2. The predicted octanol–water partition coefficient (Wildman–Crippen LogP) is 0.183. The fraction of sp³-hybridized carbons (Fsp3) is 0.300. The zero-order chi connectivity index (χ0) is 12.8. The Kier molecular flexibility index (Phi) is 4.71. The van der Waals surface area contributed by atoms with Gasteiger partial charge >= 0.3 is 0 Å². The number of halogens is 1. The molecule has 0 spiro atoms. The first-order chi connectivity index (χ1) is 8.04. The van der Waals surface area contributed by atoms with Gasteiger partial charge in [0.25, 0.3) is 5.91 Å². The number of nitrogens with zero attached hydrogens (tertiary/aromatic N) is 1. The molecular weight excluding hydrogens is 244 g/mol. The van der Waals surface area contributed by atoms with Crippen molar-refractivity contribution in [2.45, 2.75) is 6.42 Å². The third-order valence-electron chi connectivity index (χ3n) is 2.05. The second-order valence-electron chi connectivity index (χ2n) is 3.27.